The summed E-state index contributed by atoms with van der Waals surface area (Å²) in [7, 11) is 0. The van der Waals surface area contributed by atoms with Crippen molar-refractivity contribution in [2.45, 2.75) is 6.42 Å². The Bertz CT molecular complexity index is 1040. The van der Waals surface area contributed by atoms with Crippen molar-refractivity contribution in [3.05, 3.63) is 65.2 Å². The van der Waals surface area contributed by atoms with Gasteiger partial charge in [0.25, 0.3) is 0 Å². The quantitative estimate of drug-likeness (QED) is 0.759. The summed E-state index contributed by atoms with van der Waals surface area (Å²) in [5, 5.41) is 0.965. The van der Waals surface area contributed by atoms with Crippen molar-refractivity contribution in [1.29, 1.82) is 0 Å². The molecule has 0 saturated heterocycles. The Morgan fingerprint density at radius 3 is 2.50 bits per heavy atom. The molecule has 0 spiro atoms. The molecule has 118 valence electrons. The van der Waals surface area contributed by atoms with E-state index in [9.17, 15) is 9.59 Å². The van der Waals surface area contributed by atoms with Gasteiger partial charge in [0.15, 0.2) is 0 Å². The van der Waals surface area contributed by atoms with Gasteiger partial charge in [0.2, 0.25) is 11.8 Å². The van der Waals surface area contributed by atoms with Gasteiger partial charge in [-0.15, -0.1) is 0 Å². The molecule has 4 N–H and O–H groups in total. The Morgan fingerprint density at radius 1 is 0.958 bits per heavy atom. The molecule has 1 aromatic heterocycles. The highest BCUT2D eigenvalue weighted by Gasteiger charge is 2.20. The van der Waals surface area contributed by atoms with Crippen LogP contribution >= 0.6 is 0 Å². The van der Waals surface area contributed by atoms with E-state index in [4.69, 9.17) is 11.5 Å². The van der Waals surface area contributed by atoms with Crippen molar-refractivity contribution in [2.75, 3.05) is 0 Å². The summed E-state index contributed by atoms with van der Waals surface area (Å²) in [6.07, 6.45) is 2.23. The van der Waals surface area contributed by atoms with Crippen molar-refractivity contribution >= 4 is 28.9 Å². The van der Waals surface area contributed by atoms with Crippen LogP contribution in [0.2, 0.25) is 0 Å². The van der Waals surface area contributed by atoms with E-state index >= 15 is 0 Å². The van der Waals surface area contributed by atoms with Crippen molar-refractivity contribution < 1.29 is 9.59 Å². The topological polar surface area (TPSA) is 91.1 Å². The van der Waals surface area contributed by atoms with E-state index in [2.05, 4.69) is 0 Å². The zero-order valence-electron chi connectivity index (χ0n) is 12.8. The lowest BCUT2D eigenvalue weighted by molar-refractivity contribution is -0.114. The van der Waals surface area contributed by atoms with Gasteiger partial charge in [-0.05, 0) is 23.8 Å². The molecule has 2 aromatic carbocycles. The lowest BCUT2D eigenvalue weighted by atomic mass is 9.99. The Kier molecular flexibility index (Phi) is 3.03. The van der Waals surface area contributed by atoms with E-state index < -0.39 is 11.8 Å². The van der Waals surface area contributed by atoms with Gasteiger partial charge < -0.3 is 16.0 Å². The molecule has 2 amide bonds. The van der Waals surface area contributed by atoms with Crippen LogP contribution in [-0.4, -0.2) is 16.4 Å². The van der Waals surface area contributed by atoms with Gasteiger partial charge in [0, 0.05) is 34.7 Å². The fraction of sp³-hybridized carbons (Fsp3) is 0.0526. The van der Waals surface area contributed by atoms with Gasteiger partial charge in [0.1, 0.15) is 0 Å². The zero-order chi connectivity index (χ0) is 16.8. The van der Waals surface area contributed by atoms with Gasteiger partial charge in [-0.25, -0.2) is 0 Å². The SMILES string of the molecule is NC(=O)C1=Cn2c(cc3ccc(C(N)=O)cc32)-c2ccccc2C1. The van der Waals surface area contributed by atoms with E-state index in [0.717, 1.165) is 27.7 Å². The summed E-state index contributed by atoms with van der Waals surface area (Å²) >= 11 is 0. The number of nitrogens with two attached hydrogens (primary N) is 2. The number of aromatic nitrogens is 1. The van der Waals surface area contributed by atoms with Crippen molar-refractivity contribution in [2.24, 2.45) is 11.5 Å². The first-order valence-corrected chi connectivity index (χ1v) is 7.58. The van der Waals surface area contributed by atoms with Crippen LogP contribution in [0.5, 0.6) is 0 Å². The van der Waals surface area contributed by atoms with Crippen LogP contribution in [0.15, 0.2) is 54.1 Å². The minimum Gasteiger partial charge on any atom is -0.366 e. The molecule has 0 radical (unpaired) electrons. The van der Waals surface area contributed by atoms with Crippen molar-refractivity contribution in [3.8, 4) is 11.3 Å². The average Bonchev–Trinajstić information content (AvgIpc) is 2.83. The number of benzene rings is 2. The number of hydrogen-bond acceptors (Lipinski definition) is 2. The third kappa shape index (κ3) is 2.10. The zero-order valence-corrected chi connectivity index (χ0v) is 12.8. The van der Waals surface area contributed by atoms with E-state index in [0.29, 0.717) is 17.6 Å². The third-order valence-corrected chi connectivity index (χ3v) is 4.40. The van der Waals surface area contributed by atoms with Gasteiger partial charge in [0.05, 0.1) is 11.2 Å². The van der Waals surface area contributed by atoms with Crippen molar-refractivity contribution in [3.63, 3.8) is 0 Å². The molecule has 1 aliphatic heterocycles. The highest BCUT2D eigenvalue weighted by Crippen LogP contribution is 2.35. The first-order valence-electron chi connectivity index (χ1n) is 7.58. The molecule has 0 fully saturated rings. The number of amides is 2. The number of nitrogens with zero attached hydrogens (tertiary/aromatic N) is 1. The average molecular weight is 317 g/mol. The van der Waals surface area contributed by atoms with Gasteiger partial charge in [-0.1, -0.05) is 30.3 Å². The second kappa shape index (κ2) is 5.09. The maximum atomic E-state index is 11.8. The van der Waals surface area contributed by atoms with Crippen molar-refractivity contribution in [1.82, 2.24) is 4.57 Å². The Morgan fingerprint density at radius 2 is 1.75 bits per heavy atom. The highest BCUT2D eigenvalue weighted by atomic mass is 16.1. The minimum atomic E-state index is -0.486. The number of fused-ring (bicyclic) bond motifs is 5. The Balaban J connectivity index is 2.09. The van der Waals surface area contributed by atoms with E-state index in [1.165, 1.54) is 0 Å². The molecule has 24 heavy (non-hydrogen) atoms. The van der Waals surface area contributed by atoms with Gasteiger partial charge in [-0.3, -0.25) is 9.59 Å². The fourth-order valence-corrected chi connectivity index (χ4v) is 3.20. The summed E-state index contributed by atoms with van der Waals surface area (Å²) in [5.41, 5.74) is 15.7. The third-order valence-electron chi connectivity index (χ3n) is 4.40. The van der Waals surface area contributed by atoms with E-state index in [1.54, 1.807) is 18.3 Å². The lowest BCUT2D eigenvalue weighted by Crippen LogP contribution is -2.15. The molecular formula is C19H15N3O2. The monoisotopic (exact) mass is 317 g/mol. The van der Waals surface area contributed by atoms with Crippen LogP contribution in [-0.2, 0) is 11.2 Å². The summed E-state index contributed by atoms with van der Waals surface area (Å²) in [6, 6.07) is 15.3. The van der Waals surface area contributed by atoms with E-state index in [-0.39, 0.29) is 0 Å². The standard InChI is InChI=1S/C19H15N3O2/c20-18(23)13-6-5-12-8-17-15-4-2-1-3-11(15)7-14(19(21)24)10-22(17)16(12)9-13/h1-6,8-10H,7H2,(H2,20,23)(H2,21,24). The second-order valence-electron chi connectivity index (χ2n) is 5.89. The Labute approximate surface area is 138 Å². The lowest BCUT2D eigenvalue weighted by Gasteiger charge is -2.06. The molecule has 0 saturated carbocycles. The molecule has 1 aliphatic rings. The predicted molar refractivity (Wildman–Crippen MR) is 93.1 cm³/mol. The smallest absolute Gasteiger partial charge is 0.248 e. The van der Waals surface area contributed by atoms with Crippen LogP contribution in [0.1, 0.15) is 15.9 Å². The molecule has 0 bridgehead atoms. The molecule has 0 atom stereocenters. The van der Waals surface area contributed by atoms with Gasteiger partial charge >= 0.3 is 0 Å². The second-order valence-corrected chi connectivity index (χ2v) is 5.89. The molecule has 0 unspecified atom stereocenters. The first kappa shape index (κ1) is 14.3. The van der Waals surface area contributed by atoms with Crippen LogP contribution in [0.25, 0.3) is 28.4 Å². The largest absolute Gasteiger partial charge is 0.366 e. The van der Waals surface area contributed by atoms with Crippen LogP contribution in [0, 0.1) is 0 Å². The van der Waals surface area contributed by atoms with Crippen LogP contribution in [0.4, 0.5) is 0 Å². The first-order chi connectivity index (χ1) is 11.5. The summed E-state index contributed by atoms with van der Waals surface area (Å²) in [5.74, 6) is -0.939. The molecular weight excluding hydrogens is 302 g/mol. The molecule has 5 nitrogen and oxygen atoms in total. The maximum absolute atomic E-state index is 11.8. The van der Waals surface area contributed by atoms with Crippen LogP contribution < -0.4 is 11.5 Å². The molecule has 3 aromatic rings. The van der Waals surface area contributed by atoms with Gasteiger partial charge in [-0.2, -0.15) is 0 Å². The van der Waals surface area contributed by atoms with E-state index in [1.807, 2.05) is 41.0 Å². The predicted octanol–water partition coefficient (Wildman–Crippen LogP) is 2.29. The molecule has 0 aliphatic carbocycles. The minimum absolute atomic E-state index is 0.426. The number of carbonyl (C=O) groups excluding carboxylic acids is 2. The van der Waals surface area contributed by atoms with Crippen LogP contribution in [0.3, 0.4) is 0 Å². The summed E-state index contributed by atoms with van der Waals surface area (Å²) < 4.78 is 1.91. The fourth-order valence-electron chi connectivity index (χ4n) is 3.20. The molecule has 5 heteroatoms. The highest BCUT2D eigenvalue weighted by molar-refractivity contribution is 6.02. The number of hydrogen-bond donors (Lipinski definition) is 2. The number of rotatable bonds is 2. The normalized spacial score (nSPS) is 12.9. The summed E-state index contributed by atoms with van der Waals surface area (Å²) in [6.45, 7) is 0. The molecule has 2 heterocycles. The Hall–Kier alpha value is -3.34. The maximum Gasteiger partial charge on any atom is 0.248 e. The number of primary amides is 2. The summed E-state index contributed by atoms with van der Waals surface area (Å²) in [4.78, 5) is 23.3. The molecule has 4 rings (SSSR count). The number of carbonyl (C=O) groups is 2.